The van der Waals surface area contributed by atoms with Crippen LogP contribution in [0.5, 0.6) is 0 Å². The van der Waals surface area contributed by atoms with Gasteiger partial charge in [0.05, 0.1) is 11.4 Å². The van der Waals surface area contributed by atoms with Crippen LogP contribution in [0.25, 0.3) is 0 Å². The molecular formula is C23H32N2O3S. The summed E-state index contributed by atoms with van der Waals surface area (Å²) < 4.78 is 28.4. The predicted molar refractivity (Wildman–Crippen MR) is 117 cm³/mol. The molecule has 158 valence electrons. The van der Waals surface area contributed by atoms with E-state index < -0.39 is 10.0 Å². The highest BCUT2D eigenvalue weighted by Crippen LogP contribution is 2.26. The van der Waals surface area contributed by atoms with Crippen molar-refractivity contribution in [2.75, 3.05) is 6.54 Å². The lowest BCUT2D eigenvalue weighted by atomic mass is 10.1. The fraction of sp³-hybridized carbons (Fsp3) is 0.435. The van der Waals surface area contributed by atoms with Gasteiger partial charge in [-0.3, -0.25) is 4.79 Å². The zero-order valence-electron chi connectivity index (χ0n) is 18.0. The Labute approximate surface area is 175 Å². The van der Waals surface area contributed by atoms with Crippen LogP contribution in [-0.4, -0.2) is 31.2 Å². The Hall–Kier alpha value is -2.18. The minimum absolute atomic E-state index is 0.0108. The van der Waals surface area contributed by atoms with Crippen LogP contribution in [0, 0.1) is 20.8 Å². The average Bonchev–Trinajstić information content (AvgIpc) is 2.61. The van der Waals surface area contributed by atoms with E-state index >= 15 is 0 Å². The van der Waals surface area contributed by atoms with E-state index in [1.54, 1.807) is 13.8 Å². The van der Waals surface area contributed by atoms with Gasteiger partial charge in [0.25, 0.3) is 0 Å². The first-order valence-electron chi connectivity index (χ1n) is 10.1. The summed E-state index contributed by atoms with van der Waals surface area (Å²) in [6.07, 6.45) is 1.81. The first-order chi connectivity index (χ1) is 13.6. The van der Waals surface area contributed by atoms with Gasteiger partial charge in [-0.2, -0.15) is 4.31 Å². The molecule has 5 nitrogen and oxygen atoms in total. The van der Waals surface area contributed by atoms with Crippen LogP contribution in [0.2, 0.25) is 0 Å². The van der Waals surface area contributed by atoms with E-state index in [-0.39, 0.29) is 29.9 Å². The van der Waals surface area contributed by atoms with Crippen LogP contribution in [0.4, 0.5) is 0 Å². The summed E-state index contributed by atoms with van der Waals surface area (Å²) in [5.74, 6) is -0.284. The molecule has 0 aliphatic rings. The summed E-state index contributed by atoms with van der Waals surface area (Å²) in [6, 6.07) is 13.1. The Morgan fingerprint density at radius 1 is 1.07 bits per heavy atom. The highest BCUT2D eigenvalue weighted by atomic mass is 32.2. The third kappa shape index (κ3) is 6.15. The van der Waals surface area contributed by atoms with Crippen molar-refractivity contribution < 1.29 is 13.2 Å². The number of nitrogens with zero attached hydrogens (tertiary/aromatic N) is 1. The van der Waals surface area contributed by atoms with E-state index in [0.29, 0.717) is 11.1 Å². The largest absolute Gasteiger partial charge is 0.353 e. The van der Waals surface area contributed by atoms with E-state index in [1.165, 1.54) is 4.31 Å². The van der Waals surface area contributed by atoms with Gasteiger partial charge in [-0.05, 0) is 50.8 Å². The third-order valence-corrected chi connectivity index (χ3v) is 6.95. The first-order valence-corrected chi connectivity index (χ1v) is 11.5. The molecule has 29 heavy (non-hydrogen) atoms. The second kappa shape index (κ2) is 10.0. The smallest absolute Gasteiger partial charge is 0.244 e. The summed E-state index contributed by atoms with van der Waals surface area (Å²) in [7, 11) is -3.85. The molecule has 0 saturated heterocycles. The Morgan fingerprint density at radius 2 is 1.66 bits per heavy atom. The minimum Gasteiger partial charge on any atom is -0.353 e. The lowest BCUT2D eigenvalue weighted by molar-refractivity contribution is -0.122. The molecule has 0 saturated carbocycles. The van der Waals surface area contributed by atoms with Crippen LogP contribution >= 0.6 is 0 Å². The average molecular weight is 417 g/mol. The molecule has 0 aliphatic carbocycles. The lowest BCUT2D eigenvalue weighted by Gasteiger charge is -2.25. The topological polar surface area (TPSA) is 66.5 Å². The summed E-state index contributed by atoms with van der Waals surface area (Å²) in [4.78, 5) is 12.9. The van der Waals surface area contributed by atoms with Gasteiger partial charge in [-0.25, -0.2) is 8.42 Å². The molecule has 2 rings (SSSR count). The van der Waals surface area contributed by atoms with Gasteiger partial charge in [-0.15, -0.1) is 0 Å². The fourth-order valence-electron chi connectivity index (χ4n) is 3.70. The van der Waals surface area contributed by atoms with E-state index in [2.05, 4.69) is 12.2 Å². The summed E-state index contributed by atoms with van der Waals surface area (Å²) >= 11 is 0. The van der Waals surface area contributed by atoms with Crippen LogP contribution in [0.15, 0.2) is 47.4 Å². The lowest BCUT2D eigenvalue weighted by Crippen LogP contribution is -2.43. The number of carbonyl (C=O) groups is 1. The van der Waals surface area contributed by atoms with E-state index in [9.17, 15) is 13.2 Å². The number of aryl methyl sites for hydroxylation is 3. The number of rotatable bonds is 9. The molecular weight excluding hydrogens is 384 g/mol. The number of hydrogen-bond acceptors (Lipinski definition) is 3. The summed E-state index contributed by atoms with van der Waals surface area (Å²) in [5, 5.41) is 2.91. The van der Waals surface area contributed by atoms with Crippen molar-refractivity contribution in [1.29, 1.82) is 0 Å². The van der Waals surface area contributed by atoms with E-state index in [0.717, 1.165) is 24.0 Å². The third-order valence-electron chi connectivity index (χ3n) is 4.85. The van der Waals surface area contributed by atoms with Gasteiger partial charge in [0, 0.05) is 12.6 Å². The van der Waals surface area contributed by atoms with Gasteiger partial charge in [-0.1, -0.05) is 61.4 Å². The molecule has 0 bridgehead atoms. The second-order valence-electron chi connectivity index (χ2n) is 7.74. The zero-order chi connectivity index (χ0) is 21.6. The molecule has 0 fully saturated rings. The van der Waals surface area contributed by atoms with Crippen LogP contribution < -0.4 is 5.32 Å². The standard InChI is InChI=1S/C23H32N2O3S/c1-6-10-20(5)24-22(26)16-25(15-21-11-8-7-9-12-21)29(27,28)23-18(3)13-17(2)14-19(23)4/h7-9,11-14,20H,6,10,15-16H2,1-5H3,(H,24,26)/t20-/m1/s1. The van der Waals surface area contributed by atoms with Crippen molar-refractivity contribution in [1.82, 2.24) is 9.62 Å². The van der Waals surface area contributed by atoms with Gasteiger partial charge in [0.2, 0.25) is 15.9 Å². The molecule has 6 heteroatoms. The Balaban J connectivity index is 2.39. The van der Waals surface area contributed by atoms with Gasteiger partial charge in [0.15, 0.2) is 0 Å². The van der Waals surface area contributed by atoms with Crippen molar-refractivity contribution >= 4 is 15.9 Å². The molecule has 0 spiro atoms. The highest BCUT2D eigenvalue weighted by Gasteiger charge is 2.30. The zero-order valence-corrected chi connectivity index (χ0v) is 18.8. The molecule has 0 radical (unpaired) electrons. The molecule has 2 aromatic rings. The van der Waals surface area contributed by atoms with Gasteiger partial charge in [0.1, 0.15) is 0 Å². The van der Waals surface area contributed by atoms with Crippen LogP contribution in [0.1, 0.15) is 48.9 Å². The number of carbonyl (C=O) groups excluding carboxylic acids is 1. The van der Waals surface area contributed by atoms with Crippen LogP contribution in [0.3, 0.4) is 0 Å². The van der Waals surface area contributed by atoms with Gasteiger partial charge < -0.3 is 5.32 Å². The molecule has 0 aromatic heterocycles. The van der Waals surface area contributed by atoms with Crippen molar-refractivity contribution in [2.45, 2.75) is 64.9 Å². The number of benzene rings is 2. The predicted octanol–water partition coefficient (Wildman–Crippen LogP) is 4.11. The summed E-state index contributed by atoms with van der Waals surface area (Å²) in [6.45, 7) is 9.47. The molecule has 0 aliphatic heterocycles. The maximum atomic E-state index is 13.6. The molecule has 0 unspecified atom stereocenters. The molecule has 1 N–H and O–H groups in total. The number of hydrogen-bond donors (Lipinski definition) is 1. The fourth-order valence-corrected chi connectivity index (χ4v) is 5.50. The van der Waals surface area contributed by atoms with E-state index in [4.69, 9.17) is 0 Å². The van der Waals surface area contributed by atoms with Crippen molar-refractivity contribution in [3.8, 4) is 0 Å². The van der Waals surface area contributed by atoms with Crippen LogP contribution in [-0.2, 0) is 21.4 Å². The molecule has 1 amide bonds. The molecule has 0 heterocycles. The molecule has 2 aromatic carbocycles. The van der Waals surface area contributed by atoms with Crippen molar-refractivity contribution in [2.24, 2.45) is 0 Å². The minimum atomic E-state index is -3.85. The maximum Gasteiger partial charge on any atom is 0.244 e. The highest BCUT2D eigenvalue weighted by molar-refractivity contribution is 7.89. The number of amides is 1. The summed E-state index contributed by atoms with van der Waals surface area (Å²) in [5.41, 5.74) is 3.24. The van der Waals surface area contributed by atoms with Crippen molar-refractivity contribution in [3.63, 3.8) is 0 Å². The first kappa shape index (κ1) is 23.1. The number of nitrogens with one attached hydrogen (secondary N) is 1. The Morgan fingerprint density at radius 3 is 2.21 bits per heavy atom. The van der Waals surface area contributed by atoms with Crippen molar-refractivity contribution in [3.05, 3.63) is 64.7 Å². The quantitative estimate of drug-likeness (QED) is 0.669. The second-order valence-corrected chi connectivity index (χ2v) is 9.62. The monoisotopic (exact) mass is 416 g/mol. The normalized spacial score (nSPS) is 12.8. The van der Waals surface area contributed by atoms with Gasteiger partial charge >= 0.3 is 0 Å². The Kier molecular flexibility index (Phi) is 7.99. The van der Waals surface area contributed by atoms with E-state index in [1.807, 2.05) is 56.3 Å². The number of sulfonamides is 1. The Bertz CT molecular complexity index is 917. The maximum absolute atomic E-state index is 13.6. The SMILES string of the molecule is CCC[C@@H](C)NC(=O)CN(Cc1ccccc1)S(=O)(=O)c1c(C)cc(C)cc1C. The molecule has 1 atom stereocenters.